The van der Waals surface area contributed by atoms with Crippen LogP contribution in [0.3, 0.4) is 0 Å². The van der Waals surface area contributed by atoms with Gasteiger partial charge in [0.2, 0.25) is 0 Å². The first-order valence-corrected chi connectivity index (χ1v) is 5.33. The first kappa shape index (κ1) is 11.2. The highest BCUT2D eigenvalue weighted by Crippen LogP contribution is 2.25. The predicted octanol–water partition coefficient (Wildman–Crippen LogP) is 2.16. The summed E-state index contributed by atoms with van der Waals surface area (Å²) in [6, 6.07) is 0. The van der Waals surface area contributed by atoms with Gasteiger partial charge in [0.1, 0.15) is 0 Å². The van der Waals surface area contributed by atoms with Crippen molar-refractivity contribution in [2.45, 2.75) is 32.6 Å². The lowest BCUT2D eigenvalue weighted by molar-refractivity contribution is -0.139. The summed E-state index contributed by atoms with van der Waals surface area (Å²) in [4.78, 5) is 15.4. The van der Waals surface area contributed by atoms with E-state index < -0.39 is 0 Å². The van der Waals surface area contributed by atoms with Crippen LogP contribution in [0, 0.1) is 0 Å². The number of carbonyl (C=O) groups is 1. The Morgan fingerprint density at radius 2 is 2.21 bits per heavy atom. The van der Waals surface area contributed by atoms with E-state index in [9.17, 15) is 4.79 Å². The molecule has 0 aliphatic heterocycles. The number of carbonyl (C=O) groups excluding carboxylic acids is 1. The molecule has 0 N–H and O–H groups in total. The van der Waals surface area contributed by atoms with Crippen LogP contribution in [0.2, 0.25) is 0 Å². The quantitative estimate of drug-likeness (QED) is 0.707. The number of aromatic nitrogens is 1. The van der Waals surface area contributed by atoms with Gasteiger partial charge in [-0.1, -0.05) is 20.8 Å². The molecule has 1 heterocycles. The molecule has 0 saturated heterocycles. The van der Waals surface area contributed by atoms with E-state index in [1.165, 1.54) is 7.11 Å². The van der Waals surface area contributed by atoms with Crippen molar-refractivity contribution in [2.24, 2.45) is 0 Å². The zero-order valence-corrected chi connectivity index (χ0v) is 9.77. The van der Waals surface area contributed by atoms with Crippen LogP contribution in [-0.4, -0.2) is 18.1 Å². The second-order valence-corrected chi connectivity index (χ2v) is 5.01. The van der Waals surface area contributed by atoms with Gasteiger partial charge in [-0.2, -0.15) is 0 Å². The van der Waals surface area contributed by atoms with Crippen molar-refractivity contribution in [3.8, 4) is 0 Å². The van der Waals surface area contributed by atoms with Crippen molar-refractivity contribution >= 4 is 17.3 Å². The summed E-state index contributed by atoms with van der Waals surface area (Å²) >= 11 is 1.59. The summed E-state index contributed by atoms with van der Waals surface area (Å²) in [5, 5.41) is 2.97. The fourth-order valence-corrected chi connectivity index (χ4v) is 1.86. The van der Waals surface area contributed by atoms with E-state index in [1.54, 1.807) is 11.3 Å². The summed E-state index contributed by atoms with van der Waals surface area (Å²) in [7, 11) is 1.39. The van der Waals surface area contributed by atoms with Crippen molar-refractivity contribution < 1.29 is 9.53 Å². The Kier molecular flexibility index (Phi) is 3.26. The molecule has 0 radical (unpaired) electrons. The van der Waals surface area contributed by atoms with Crippen LogP contribution in [0.25, 0.3) is 0 Å². The Morgan fingerprint density at radius 3 is 2.64 bits per heavy atom. The molecule has 0 saturated carbocycles. The highest BCUT2D eigenvalue weighted by molar-refractivity contribution is 7.09. The molecule has 0 aliphatic rings. The SMILES string of the molecule is COC(=O)Cc1csc(C(C)(C)C)n1. The van der Waals surface area contributed by atoms with E-state index >= 15 is 0 Å². The van der Waals surface area contributed by atoms with Gasteiger partial charge in [-0.3, -0.25) is 4.79 Å². The summed E-state index contributed by atoms with van der Waals surface area (Å²) in [6.45, 7) is 6.31. The number of nitrogens with zero attached hydrogens (tertiary/aromatic N) is 1. The highest BCUT2D eigenvalue weighted by atomic mass is 32.1. The van der Waals surface area contributed by atoms with Gasteiger partial charge in [0.05, 0.1) is 24.2 Å². The van der Waals surface area contributed by atoms with Crippen LogP contribution in [0.5, 0.6) is 0 Å². The van der Waals surface area contributed by atoms with Crippen molar-refractivity contribution in [3.05, 3.63) is 16.1 Å². The third-order valence-corrected chi connectivity index (χ3v) is 3.06. The minimum absolute atomic E-state index is 0.0546. The van der Waals surface area contributed by atoms with Crippen molar-refractivity contribution in [2.75, 3.05) is 7.11 Å². The van der Waals surface area contributed by atoms with E-state index in [1.807, 2.05) is 5.38 Å². The van der Waals surface area contributed by atoms with Gasteiger partial charge in [-0.05, 0) is 0 Å². The maximum absolute atomic E-state index is 11.0. The van der Waals surface area contributed by atoms with Gasteiger partial charge in [0, 0.05) is 10.8 Å². The van der Waals surface area contributed by atoms with Crippen LogP contribution in [0.1, 0.15) is 31.5 Å². The smallest absolute Gasteiger partial charge is 0.311 e. The Bertz CT molecular complexity index is 325. The Labute approximate surface area is 88.1 Å². The number of thiazole rings is 1. The maximum atomic E-state index is 11.0. The van der Waals surface area contributed by atoms with Crippen LogP contribution in [0.15, 0.2) is 5.38 Å². The van der Waals surface area contributed by atoms with E-state index in [0.717, 1.165) is 10.7 Å². The third kappa shape index (κ3) is 2.80. The van der Waals surface area contributed by atoms with Gasteiger partial charge in [0.25, 0.3) is 0 Å². The molecule has 0 fully saturated rings. The summed E-state index contributed by atoms with van der Waals surface area (Å²) in [5.74, 6) is -0.240. The minimum atomic E-state index is -0.240. The Balaban J connectivity index is 2.74. The molecule has 4 heteroatoms. The number of ether oxygens (including phenoxy) is 1. The molecule has 0 amide bonds. The number of hydrogen-bond acceptors (Lipinski definition) is 4. The molecule has 0 spiro atoms. The van der Waals surface area contributed by atoms with Gasteiger partial charge in [-0.15, -0.1) is 11.3 Å². The molecule has 0 aromatic carbocycles. The molecule has 0 aliphatic carbocycles. The average molecular weight is 213 g/mol. The zero-order valence-electron chi connectivity index (χ0n) is 8.96. The molecule has 14 heavy (non-hydrogen) atoms. The second-order valence-electron chi connectivity index (χ2n) is 4.15. The van der Waals surface area contributed by atoms with E-state index in [2.05, 4.69) is 30.5 Å². The number of esters is 1. The van der Waals surface area contributed by atoms with Gasteiger partial charge >= 0.3 is 5.97 Å². The fourth-order valence-electron chi connectivity index (χ4n) is 0.953. The van der Waals surface area contributed by atoms with Crippen LogP contribution < -0.4 is 0 Å². The van der Waals surface area contributed by atoms with Crippen LogP contribution in [0.4, 0.5) is 0 Å². The summed E-state index contributed by atoms with van der Waals surface area (Å²) in [6.07, 6.45) is 0.267. The van der Waals surface area contributed by atoms with Gasteiger partial charge in [0.15, 0.2) is 0 Å². The lowest BCUT2D eigenvalue weighted by atomic mass is 9.98. The largest absolute Gasteiger partial charge is 0.469 e. The van der Waals surface area contributed by atoms with E-state index in [-0.39, 0.29) is 17.8 Å². The fraction of sp³-hybridized carbons (Fsp3) is 0.600. The molecule has 3 nitrogen and oxygen atoms in total. The number of methoxy groups -OCH3 is 1. The monoisotopic (exact) mass is 213 g/mol. The maximum Gasteiger partial charge on any atom is 0.311 e. The van der Waals surface area contributed by atoms with Crippen molar-refractivity contribution in [3.63, 3.8) is 0 Å². The van der Waals surface area contributed by atoms with E-state index in [0.29, 0.717) is 0 Å². The standard InChI is InChI=1S/C10H15NO2S/c1-10(2,3)9-11-7(6-14-9)5-8(12)13-4/h6H,5H2,1-4H3. The van der Waals surface area contributed by atoms with Crippen molar-refractivity contribution in [1.29, 1.82) is 0 Å². The lowest BCUT2D eigenvalue weighted by Gasteiger charge is -2.13. The summed E-state index contributed by atoms with van der Waals surface area (Å²) < 4.78 is 4.57. The molecule has 1 aromatic rings. The second kappa shape index (κ2) is 4.09. The third-order valence-electron chi connectivity index (χ3n) is 1.75. The zero-order chi connectivity index (χ0) is 10.8. The molecule has 0 bridgehead atoms. The molecule has 1 aromatic heterocycles. The molecular formula is C10H15NO2S. The molecule has 1 rings (SSSR count). The Morgan fingerprint density at radius 1 is 1.57 bits per heavy atom. The first-order valence-electron chi connectivity index (χ1n) is 4.45. The van der Waals surface area contributed by atoms with Gasteiger partial charge in [-0.25, -0.2) is 4.98 Å². The average Bonchev–Trinajstić information content (AvgIpc) is 2.51. The minimum Gasteiger partial charge on any atom is -0.469 e. The molecule has 0 unspecified atom stereocenters. The Hall–Kier alpha value is -0.900. The lowest BCUT2D eigenvalue weighted by Crippen LogP contribution is -2.11. The number of rotatable bonds is 2. The molecular weight excluding hydrogens is 198 g/mol. The topological polar surface area (TPSA) is 39.2 Å². The van der Waals surface area contributed by atoms with Gasteiger partial charge < -0.3 is 4.74 Å². The van der Waals surface area contributed by atoms with Crippen LogP contribution >= 0.6 is 11.3 Å². The number of hydrogen-bond donors (Lipinski definition) is 0. The molecule has 78 valence electrons. The molecule has 0 atom stereocenters. The van der Waals surface area contributed by atoms with Crippen molar-refractivity contribution in [1.82, 2.24) is 4.98 Å². The normalized spacial score (nSPS) is 11.4. The predicted molar refractivity (Wildman–Crippen MR) is 56.5 cm³/mol. The van der Waals surface area contributed by atoms with E-state index in [4.69, 9.17) is 0 Å². The van der Waals surface area contributed by atoms with Crippen LogP contribution in [-0.2, 0) is 21.4 Å². The summed E-state index contributed by atoms with van der Waals surface area (Å²) in [5.41, 5.74) is 0.853. The highest BCUT2D eigenvalue weighted by Gasteiger charge is 2.18. The first-order chi connectivity index (χ1) is 6.43.